The van der Waals surface area contributed by atoms with Crippen LogP contribution in [0.1, 0.15) is 50.1 Å². The second kappa shape index (κ2) is 5.78. The minimum absolute atomic E-state index is 0.126. The van der Waals surface area contributed by atoms with Crippen molar-refractivity contribution < 1.29 is 0 Å². The standard InChI is InChI=1S/C16H20BrN3S/c1-16(2,3)19-9-13-14(10-4-5-10)20-15(21-13)12-7-6-11(17)8-18-12/h6-8,10,19H,4-5,9H2,1-3H3. The number of hydrogen-bond acceptors (Lipinski definition) is 4. The first-order valence-corrected chi connectivity index (χ1v) is 8.90. The van der Waals surface area contributed by atoms with Crippen LogP contribution >= 0.6 is 27.3 Å². The summed E-state index contributed by atoms with van der Waals surface area (Å²) in [6.07, 6.45) is 4.39. The van der Waals surface area contributed by atoms with E-state index in [-0.39, 0.29) is 5.54 Å². The normalized spacial score (nSPS) is 15.4. The van der Waals surface area contributed by atoms with E-state index in [1.54, 1.807) is 11.3 Å². The maximum Gasteiger partial charge on any atom is 0.142 e. The van der Waals surface area contributed by atoms with Crippen molar-refractivity contribution in [2.24, 2.45) is 0 Å². The molecule has 1 N–H and O–H groups in total. The highest BCUT2D eigenvalue weighted by Gasteiger charge is 2.30. The van der Waals surface area contributed by atoms with E-state index in [0.29, 0.717) is 5.92 Å². The van der Waals surface area contributed by atoms with Gasteiger partial charge in [0.05, 0.1) is 11.4 Å². The summed E-state index contributed by atoms with van der Waals surface area (Å²) in [7, 11) is 0. The van der Waals surface area contributed by atoms with E-state index >= 15 is 0 Å². The summed E-state index contributed by atoms with van der Waals surface area (Å²) in [6.45, 7) is 7.48. The third-order valence-corrected chi connectivity index (χ3v) is 4.98. The van der Waals surface area contributed by atoms with E-state index in [4.69, 9.17) is 4.98 Å². The molecule has 0 radical (unpaired) electrons. The van der Waals surface area contributed by atoms with Crippen LogP contribution in [-0.2, 0) is 6.54 Å². The van der Waals surface area contributed by atoms with Gasteiger partial charge in [-0.1, -0.05) is 0 Å². The van der Waals surface area contributed by atoms with Gasteiger partial charge < -0.3 is 5.32 Å². The fraction of sp³-hybridized carbons (Fsp3) is 0.500. The minimum Gasteiger partial charge on any atom is -0.307 e. The van der Waals surface area contributed by atoms with Crippen molar-refractivity contribution in [1.29, 1.82) is 0 Å². The Morgan fingerprint density at radius 3 is 2.67 bits per heavy atom. The Morgan fingerprint density at radius 2 is 2.10 bits per heavy atom. The van der Waals surface area contributed by atoms with Gasteiger partial charge in [0.1, 0.15) is 5.01 Å². The van der Waals surface area contributed by atoms with Crippen LogP contribution < -0.4 is 5.32 Å². The highest BCUT2D eigenvalue weighted by molar-refractivity contribution is 9.10. The first kappa shape index (κ1) is 15.1. The molecule has 2 heterocycles. The lowest BCUT2D eigenvalue weighted by atomic mass is 10.1. The van der Waals surface area contributed by atoms with Gasteiger partial charge in [0.25, 0.3) is 0 Å². The molecule has 2 aromatic rings. The van der Waals surface area contributed by atoms with Gasteiger partial charge in [-0.3, -0.25) is 4.98 Å². The number of rotatable bonds is 4. The molecule has 1 aliphatic carbocycles. The van der Waals surface area contributed by atoms with E-state index in [1.807, 2.05) is 18.3 Å². The molecule has 0 saturated heterocycles. The number of thiazole rings is 1. The first-order valence-electron chi connectivity index (χ1n) is 7.29. The van der Waals surface area contributed by atoms with E-state index in [0.717, 1.165) is 21.7 Å². The molecule has 0 bridgehead atoms. The van der Waals surface area contributed by atoms with Crippen molar-refractivity contribution >= 4 is 27.3 Å². The number of nitrogens with one attached hydrogen (secondary N) is 1. The number of aromatic nitrogens is 2. The van der Waals surface area contributed by atoms with Crippen molar-refractivity contribution in [2.75, 3.05) is 0 Å². The molecular weight excluding hydrogens is 346 g/mol. The third kappa shape index (κ3) is 3.90. The molecule has 0 amide bonds. The lowest BCUT2D eigenvalue weighted by Gasteiger charge is -2.20. The summed E-state index contributed by atoms with van der Waals surface area (Å²) >= 11 is 5.20. The highest BCUT2D eigenvalue weighted by Crippen LogP contribution is 2.44. The van der Waals surface area contributed by atoms with Gasteiger partial charge in [0, 0.05) is 33.5 Å². The predicted octanol–water partition coefficient (Wildman–Crippen LogP) is 4.73. The third-order valence-electron chi connectivity index (χ3n) is 3.42. The Morgan fingerprint density at radius 1 is 1.33 bits per heavy atom. The molecule has 0 spiro atoms. The van der Waals surface area contributed by atoms with Crippen molar-refractivity contribution in [3.05, 3.63) is 33.4 Å². The monoisotopic (exact) mass is 365 g/mol. The topological polar surface area (TPSA) is 37.8 Å². The minimum atomic E-state index is 0.126. The summed E-state index contributed by atoms with van der Waals surface area (Å²) in [5, 5.41) is 4.61. The molecule has 1 saturated carbocycles. The van der Waals surface area contributed by atoms with E-state index in [2.05, 4.69) is 47.0 Å². The van der Waals surface area contributed by atoms with Crippen molar-refractivity contribution in [1.82, 2.24) is 15.3 Å². The summed E-state index contributed by atoms with van der Waals surface area (Å²) in [5.74, 6) is 0.669. The van der Waals surface area contributed by atoms with Gasteiger partial charge in [0.15, 0.2) is 0 Å². The SMILES string of the molecule is CC(C)(C)NCc1sc(-c2ccc(Br)cn2)nc1C1CC1. The highest BCUT2D eigenvalue weighted by atomic mass is 79.9. The lowest BCUT2D eigenvalue weighted by Crippen LogP contribution is -2.35. The van der Waals surface area contributed by atoms with Gasteiger partial charge in [0.2, 0.25) is 0 Å². The van der Waals surface area contributed by atoms with Crippen LogP contribution in [0.2, 0.25) is 0 Å². The van der Waals surface area contributed by atoms with Crippen LogP contribution in [-0.4, -0.2) is 15.5 Å². The zero-order chi connectivity index (χ0) is 15.0. The first-order chi connectivity index (χ1) is 9.92. The smallest absolute Gasteiger partial charge is 0.142 e. The molecule has 3 rings (SSSR count). The second-order valence-corrected chi connectivity index (χ2v) is 8.57. The Bertz CT molecular complexity index is 624. The molecule has 3 nitrogen and oxygen atoms in total. The van der Waals surface area contributed by atoms with Crippen LogP contribution in [0, 0.1) is 0 Å². The predicted molar refractivity (Wildman–Crippen MR) is 91.6 cm³/mol. The summed E-state index contributed by atoms with van der Waals surface area (Å²) in [6, 6.07) is 4.05. The number of halogens is 1. The Kier molecular flexibility index (Phi) is 4.17. The molecule has 1 fully saturated rings. The van der Waals surface area contributed by atoms with Gasteiger partial charge in [-0.15, -0.1) is 11.3 Å². The average Bonchev–Trinajstić information content (AvgIpc) is 3.17. The lowest BCUT2D eigenvalue weighted by molar-refractivity contribution is 0.425. The maximum atomic E-state index is 4.87. The average molecular weight is 366 g/mol. The summed E-state index contributed by atoms with van der Waals surface area (Å²) in [5.41, 5.74) is 2.38. The molecule has 0 unspecified atom stereocenters. The van der Waals surface area contributed by atoms with Crippen LogP contribution in [0.3, 0.4) is 0 Å². The molecule has 2 aromatic heterocycles. The quantitative estimate of drug-likeness (QED) is 0.850. The summed E-state index contributed by atoms with van der Waals surface area (Å²) < 4.78 is 1.000. The van der Waals surface area contributed by atoms with Gasteiger partial charge in [-0.25, -0.2) is 4.98 Å². The van der Waals surface area contributed by atoms with Crippen LogP contribution in [0.15, 0.2) is 22.8 Å². The number of hydrogen-bond donors (Lipinski definition) is 1. The van der Waals surface area contributed by atoms with E-state index in [1.165, 1.54) is 23.4 Å². The van der Waals surface area contributed by atoms with Gasteiger partial charge in [-0.2, -0.15) is 0 Å². The molecule has 112 valence electrons. The van der Waals surface area contributed by atoms with E-state index < -0.39 is 0 Å². The molecule has 21 heavy (non-hydrogen) atoms. The molecule has 5 heteroatoms. The van der Waals surface area contributed by atoms with Gasteiger partial charge in [-0.05, 0) is 61.7 Å². The second-order valence-electron chi connectivity index (χ2n) is 6.57. The Balaban J connectivity index is 1.87. The molecule has 0 atom stereocenters. The zero-order valence-corrected chi connectivity index (χ0v) is 15.0. The number of nitrogens with zero attached hydrogens (tertiary/aromatic N) is 2. The fourth-order valence-electron chi connectivity index (χ4n) is 2.12. The van der Waals surface area contributed by atoms with E-state index in [9.17, 15) is 0 Å². The van der Waals surface area contributed by atoms with Crippen molar-refractivity contribution in [2.45, 2.75) is 51.6 Å². The Labute approximate surface area is 138 Å². The molecular formula is C16H20BrN3S. The molecule has 0 aliphatic heterocycles. The molecule has 0 aromatic carbocycles. The van der Waals surface area contributed by atoms with Crippen LogP contribution in [0.5, 0.6) is 0 Å². The summed E-state index contributed by atoms with van der Waals surface area (Å²) in [4.78, 5) is 10.7. The largest absolute Gasteiger partial charge is 0.307 e. The van der Waals surface area contributed by atoms with Crippen molar-refractivity contribution in [3.8, 4) is 10.7 Å². The fourth-order valence-corrected chi connectivity index (χ4v) is 3.42. The maximum absolute atomic E-state index is 4.87. The zero-order valence-electron chi connectivity index (χ0n) is 12.6. The van der Waals surface area contributed by atoms with Gasteiger partial charge >= 0.3 is 0 Å². The molecule has 1 aliphatic rings. The van der Waals surface area contributed by atoms with Crippen LogP contribution in [0.4, 0.5) is 0 Å². The van der Waals surface area contributed by atoms with Crippen molar-refractivity contribution in [3.63, 3.8) is 0 Å². The number of pyridine rings is 1. The van der Waals surface area contributed by atoms with Crippen LogP contribution in [0.25, 0.3) is 10.7 Å². The Hall–Kier alpha value is -0.780.